The minimum atomic E-state index is -4.50. The molecule has 1 heterocycles. The van der Waals surface area contributed by atoms with Gasteiger partial charge in [0.25, 0.3) is 16.4 Å². The first kappa shape index (κ1) is 21.8. The fourth-order valence-electron chi connectivity index (χ4n) is 3.22. The molecule has 162 valence electrons. The van der Waals surface area contributed by atoms with E-state index in [-0.39, 0.29) is 35.1 Å². The zero-order valence-corrected chi connectivity index (χ0v) is 15.7. The van der Waals surface area contributed by atoms with Crippen LogP contribution >= 0.6 is 0 Å². The van der Waals surface area contributed by atoms with Crippen molar-refractivity contribution in [3.63, 3.8) is 0 Å². The van der Waals surface area contributed by atoms with Crippen molar-refractivity contribution in [2.75, 3.05) is 4.72 Å². The number of aromatic amines is 1. The van der Waals surface area contributed by atoms with E-state index in [9.17, 15) is 34.8 Å². The molecule has 0 unspecified atom stereocenters. The Morgan fingerprint density at radius 1 is 1.20 bits per heavy atom. The Kier molecular flexibility index (Phi) is 5.64. The van der Waals surface area contributed by atoms with E-state index < -0.39 is 58.0 Å². The van der Waals surface area contributed by atoms with Crippen molar-refractivity contribution in [2.45, 2.75) is 37.2 Å². The summed E-state index contributed by atoms with van der Waals surface area (Å²) in [7, 11) is -4.50. The standard InChI is InChI=1S/C17H13F6N3O3S/c18-9-4-13(29-16(22)23)10(19)3-11(9)26-30(27,28)14-6-25-12-5-17(7-24,15(20)21)2-1-8(12)14/h3-4,6,15-16,25-26H,1-2,5H2/t17-/m1/s1. The molecule has 0 radical (unpaired) electrons. The van der Waals surface area contributed by atoms with Gasteiger partial charge in [0.05, 0.1) is 11.8 Å². The molecule has 2 aromatic rings. The Balaban J connectivity index is 1.91. The number of aromatic nitrogens is 1. The molecule has 1 atom stereocenters. The van der Waals surface area contributed by atoms with Gasteiger partial charge in [0, 0.05) is 30.4 Å². The molecule has 6 nitrogen and oxygen atoms in total. The van der Waals surface area contributed by atoms with Crippen LogP contribution in [-0.2, 0) is 22.9 Å². The van der Waals surface area contributed by atoms with Gasteiger partial charge < -0.3 is 9.72 Å². The van der Waals surface area contributed by atoms with Crippen LogP contribution in [0.3, 0.4) is 0 Å². The van der Waals surface area contributed by atoms with Crippen molar-refractivity contribution in [1.82, 2.24) is 4.98 Å². The lowest BCUT2D eigenvalue weighted by Crippen LogP contribution is -2.34. The number of H-pyrrole nitrogens is 1. The van der Waals surface area contributed by atoms with Crippen LogP contribution in [0, 0.1) is 28.4 Å². The Bertz CT molecular complexity index is 1110. The number of alkyl halides is 4. The maximum Gasteiger partial charge on any atom is 0.387 e. The maximum atomic E-state index is 14.1. The first-order valence-corrected chi connectivity index (χ1v) is 9.82. The number of rotatable bonds is 6. The lowest BCUT2D eigenvalue weighted by atomic mass is 9.75. The zero-order chi connectivity index (χ0) is 22.3. The summed E-state index contributed by atoms with van der Waals surface area (Å²) in [6.45, 7) is -3.42. The first-order valence-electron chi connectivity index (χ1n) is 8.34. The molecular weight excluding hydrogens is 440 g/mol. The van der Waals surface area contributed by atoms with Crippen molar-refractivity contribution >= 4 is 15.7 Å². The maximum absolute atomic E-state index is 14.1. The molecule has 0 saturated carbocycles. The van der Waals surface area contributed by atoms with Crippen LogP contribution in [0.15, 0.2) is 23.2 Å². The van der Waals surface area contributed by atoms with Gasteiger partial charge in [0.2, 0.25) is 0 Å². The van der Waals surface area contributed by atoms with Crippen molar-refractivity contribution in [3.8, 4) is 11.8 Å². The van der Waals surface area contributed by atoms with Crippen LogP contribution in [0.25, 0.3) is 0 Å². The van der Waals surface area contributed by atoms with Crippen molar-refractivity contribution < 1.29 is 39.5 Å². The number of benzene rings is 1. The monoisotopic (exact) mass is 453 g/mol. The highest BCUT2D eigenvalue weighted by Crippen LogP contribution is 2.41. The third kappa shape index (κ3) is 3.91. The van der Waals surface area contributed by atoms with E-state index >= 15 is 0 Å². The molecule has 13 heteroatoms. The van der Waals surface area contributed by atoms with E-state index in [0.717, 1.165) is 6.20 Å². The number of fused-ring (bicyclic) bond motifs is 1. The molecule has 0 bridgehead atoms. The van der Waals surface area contributed by atoms with Gasteiger partial charge in [-0.15, -0.1) is 0 Å². The molecular formula is C17H13F6N3O3S. The average molecular weight is 453 g/mol. The molecule has 1 aromatic carbocycles. The second-order valence-corrected chi connectivity index (χ2v) is 8.25. The van der Waals surface area contributed by atoms with Crippen molar-refractivity contribution in [1.29, 1.82) is 5.26 Å². The molecule has 0 fully saturated rings. The average Bonchev–Trinajstić information content (AvgIpc) is 3.08. The summed E-state index contributed by atoms with van der Waals surface area (Å²) in [4.78, 5) is 2.16. The van der Waals surface area contributed by atoms with E-state index in [0.29, 0.717) is 6.07 Å². The largest absolute Gasteiger partial charge is 0.432 e. The summed E-state index contributed by atoms with van der Waals surface area (Å²) in [5, 5.41) is 9.12. The van der Waals surface area contributed by atoms with Gasteiger partial charge in [-0.1, -0.05) is 0 Å². The number of nitrogens with zero attached hydrogens (tertiary/aromatic N) is 1. The Morgan fingerprint density at radius 2 is 1.90 bits per heavy atom. The molecule has 1 aliphatic rings. The van der Waals surface area contributed by atoms with Crippen LogP contribution in [0.4, 0.5) is 32.0 Å². The smallest absolute Gasteiger partial charge is 0.387 e. The van der Waals surface area contributed by atoms with Crippen molar-refractivity contribution in [3.05, 3.63) is 41.2 Å². The third-order valence-electron chi connectivity index (χ3n) is 4.76. The fourth-order valence-corrected chi connectivity index (χ4v) is 4.54. The summed E-state index contributed by atoms with van der Waals surface area (Å²) in [5.41, 5.74) is -2.55. The second kappa shape index (κ2) is 7.75. The van der Waals surface area contributed by atoms with Gasteiger partial charge in [-0.3, -0.25) is 4.72 Å². The zero-order valence-electron chi connectivity index (χ0n) is 14.9. The SMILES string of the molecule is N#C[C@@]1(C(F)F)CCc2c(S(=O)(=O)Nc3cc(F)c(OC(F)F)cc3F)c[nH]c2C1. The Morgan fingerprint density at radius 3 is 2.50 bits per heavy atom. The van der Waals surface area contributed by atoms with Gasteiger partial charge in [-0.2, -0.15) is 14.0 Å². The second-order valence-electron chi connectivity index (χ2n) is 6.60. The van der Waals surface area contributed by atoms with Gasteiger partial charge in [0.1, 0.15) is 10.3 Å². The van der Waals surface area contributed by atoms with Crippen molar-refractivity contribution in [2.24, 2.45) is 5.41 Å². The summed E-state index contributed by atoms with van der Waals surface area (Å²) < 4.78 is 110. The minimum absolute atomic E-state index is 0.121. The molecule has 30 heavy (non-hydrogen) atoms. The lowest BCUT2D eigenvalue weighted by molar-refractivity contribution is -0.0523. The predicted octanol–water partition coefficient (Wildman–Crippen LogP) is 3.96. The van der Waals surface area contributed by atoms with Crippen LogP contribution in [0.1, 0.15) is 17.7 Å². The number of halogens is 6. The molecule has 0 spiro atoms. The van der Waals surface area contributed by atoms with Crippen LogP contribution in [-0.4, -0.2) is 26.4 Å². The highest BCUT2D eigenvalue weighted by molar-refractivity contribution is 7.92. The Hall–Kier alpha value is -2.88. The predicted molar refractivity (Wildman–Crippen MR) is 90.7 cm³/mol. The molecule has 2 N–H and O–H groups in total. The molecule has 1 aromatic heterocycles. The molecule has 0 amide bonds. The van der Waals surface area contributed by atoms with Gasteiger partial charge in [0.15, 0.2) is 17.4 Å². The number of nitriles is 1. The molecule has 1 aliphatic carbocycles. The number of nitrogens with one attached hydrogen (secondary N) is 2. The van der Waals surface area contributed by atoms with Gasteiger partial charge in [-0.25, -0.2) is 26.0 Å². The summed E-state index contributed by atoms with van der Waals surface area (Å²) in [6.07, 6.45) is -2.81. The topological polar surface area (TPSA) is 95.0 Å². The number of hydrogen-bond acceptors (Lipinski definition) is 4. The summed E-state index contributed by atoms with van der Waals surface area (Å²) >= 11 is 0. The Labute approximate surface area is 166 Å². The third-order valence-corrected chi connectivity index (χ3v) is 6.20. The quantitative estimate of drug-likeness (QED) is 0.648. The minimum Gasteiger partial charge on any atom is -0.432 e. The lowest BCUT2D eigenvalue weighted by Gasteiger charge is -2.30. The number of ether oxygens (including phenoxy) is 1. The molecule has 0 aliphatic heterocycles. The number of anilines is 1. The van der Waals surface area contributed by atoms with E-state index in [1.54, 1.807) is 10.8 Å². The summed E-state index contributed by atoms with van der Waals surface area (Å²) in [5.74, 6) is -3.91. The van der Waals surface area contributed by atoms with E-state index in [2.05, 4.69) is 9.72 Å². The van der Waals surface area contributed by atoms with E-state index in [4.69, 9.17) is 5.26 Å². The molecule has 3 rings (SSSR count). The van der Waals surface area contributed by atoms with Crippen LogP contribution < -0.4 is 9.46 Å². The summed E-state index contributed by atoms with van der Waals surface area (Å²) in [6, 6.07) is 2.18. The highest BCUT2D eigenvalue weighted by atomic mass is 32.2. The van der Waals surface area contributed by atoms with Crippen LogP contribution in [0.5, 0.6) is 5.75 Å². The van der Waals surface area contributed by atoms with Gasteiger partial charge in [-0.05, 0) is 18.4 Å². The van der Waals surface area contributed by atoms with E-state index in [1.807, 2.05) is 0 Å². The normalized spacial score (nSPS) is 18.9. The number of sulfonamides is 1. The molecule has 0 saturated heterocycles. The highest BCUT2D eigenvalue weighted by Gasteiger charge is 2.45. The number of hydrogen-bond donors (Lipinski definition) is 2. The fraction of sp³-hybridized carbons (Fsp3) is 0.353. The van der Waals surface area contributed by atoms with Crippen LogP contribution in [0.2, 0.25) is 0 Å². The van der Waals surface area contributed by atoms with E-state index in [1.165, 1.54) is 0 Å². The first-order chi connectivity index (χ1) is 14.0. The van der Waals surface area contributed by atoms with Gasteiger partial charge >= 0.3 is 6.61 Å².